The highest BCUT2D eigenvalue weighted by atomic mass is 16.3. The summed E-state index contributed by atoms with van der Waals surface area (Å²) in [6.07, 6.45) is 2.73. The fraction of sp³-hybridized carbons (Fsp3) is 0.462. The highest BCUT2D eigenvalue weighted by Crippen LogP contribution is 2.16. The zero-order chi connectivity index (χ0) is 12.4. The number of hydrogen-bond acceptors (Lipinski definition) is 3. The molecule has 92 valence electrons. The van der Waals surface area contributed by atoms with Crippen LogP contribution in [0.25, 0.3) is 0 Å². The van der Waals surface area contributed by atoms with Crippen LogP contribution in [0.3, 0.4) is 0 Å². The summed E-state index contributed by atoms with van der Waals surface area (Å²) in [7, 11) is 0. The molecule has 0 radical (unpaired) electrons. The highest BCUT2D eigenvalue weighted by Gasteiger charge is 2.11. The highest BCUT2D eigenvalue weighted by molar-refractivity contribution is 5.25. The first-order chi connectivity index (χ1) is 8.15. The summed E-state index contributed by atoms with van der Waals surface area (Å²) in [6.45, 7) is 7.50. The lowest BCUT2D eigenvalue weighted by molar-refractivity contribution is 0.474. The van der Waals surface area contributed by atoms with E-state index in [1.807, 2.05) is 10.7 Å². The van der Waals surface area contributed by atoms with Gasteiger partial charge in [-0.15, -0.1) is 0 Å². The third-order valence-electron chi connectivity index (χ3n) is 3.13. The lowest BCUT2D eigenvalue weighted by atomic mass is 10.1. The molecule has 0 fully saturated rings. The first-order valence-electron chi connectivity index (χ1n) is 5.95. The third kappa shape index (κ3) is 2.26. The van der Waals surface area contributed by atoms with Crippen molar-refractivity contribution in [1.29, 1.82) is 0 Å². The summed E-state index contributed by atoms with van der Waals surface area (Å²) in [5, 5.41) is 4.54. The molecule has 2 N–H and O–H groups in total. The van der Waals surface area contributed by atoms with E-state index in [4.69, 9.17) is 10.2 Å². The van der Waals surface area contributed by atoms with Crippen molar-refractivity contribution in [1.82, 2.24) is 9.78 Å². The summed E-state index contributed by atoms with van der Waals surface area (Å²) in [6, 6.07) is 1.99. The predicted molar refractivity (Wildman–Crippen MR) is 66.8 cm³/mol. The van der Waals surface area contributed by atoms with E-state index in [2.05, 4.69) is 25.9 Å². The van der Waals surface area contributed by atoms with E-state index in [0.29, 0.717) is 13.1 Å². The van der Waals surface area contributed by atoms with Gasteiger partial charge in [-0.1, -0.05) is 6.92 Å². The number of hydrogen-bond donors (Lipinski definition) is 1. The van der Waals surface area contributed by atoms with Crippen molar-refractivity contribution in [2.45, 2.75) is 40.3 Å². The van der Waals surface area contributed by atoms with E-state index in [1.165, 1.54) is 11.3 Å². The topological polar surface area (TPSA) is 57.0 Å². The van der Waals surface area contributed by atoms with Crippen molar-refractivity contribution >= 4 is 0 Å². The minimum atomic E-state index is 0.515. The Hall–Kier alpha value is -1.55. The van der Waals surface area contributed by atoms with Crippen LogP contribution in [0.2, 0.25) is 0 Å². The second kappa shape index (κ2) is 4.75. The summed E-state index contributed by atoms with van der Waals surface area (Å²) in [5.41, 5.74) is 10.2. The van der Waals surface area contributed by atoms with Gasteiger partial charge in [0.1, 0.15) is 5.76 Å². The van der Waals surface area contributed by atoms with Crippen molar-refractivity contribution in [3.05, 3.63) is 40.6 Å². The Balaban J connectivity index is 2.24. The molecule has 0 amide bonds. The van der Waals surface area contributed by atoms with E-state index >= 15 is 0 Å². The van der Waals surface area contributed by atoms with Gasteiger partial charge in [0, 0.05) is 17.8 Å². The molecular weight excluding hydrogens is 214 g/mol. The zero-order valence-electron chi connectivity index (χ0n) is 10.7. The van der Waals surface area contributed by atoms with Crippen LogP contribution in [0, 0.1) is 13.8 Å². The lowest BCUT2D eigenvalue weighted by Gasteiger charge is -2.02. The van der Waals surface area contributed by atoms with Crippen molar-refractivity contribution < 1.29 is 4.42 Å². The van der Waals surface area contributed by atoms with Gasteiger partial charge >= 0.3 is 0 Å². The molecule has 2 rings (SSSR count). The smallest absolute Gasteiger partial charge is 0.125 e. The van der Waals surface area contributed by atoms with Crippen molar-refractivity contribution in [3.63, 3.8) is 0 Å². The van der Waals surface area contributed by atoms with Gasteiger partial charge < -0.3 is 10.2 Å². The van der Waals surface area contributed by atoms with Crippen LogP contribution in [-0.4, -0.2) is 9.78 Å². The van der Waals surface area contributed by atoms with Crippen LogP contribution in [0.4, 0.5) is 0 Å². The number of furan rings is 1. The molecule has 4 nitrogen and oxygen atoms in total. The van der Waals surface area contributed by atoms with E-state index in [-0.39, 0.29) is 0 Å². The standard InChI is InChI=1S/C13H19N3O/c1-4-13-9(2)15-16(10(13)3)7-12-5-11(6-14)8-17-12/h5,8H,4,6-7,14H2,1-3H3. The Morgan fingerprint density at radius 1 is 1.41 bits per heavy atom. The molecule has 0 atom stereocenters. The van der Waals surface area contributed by atoms with Crippen LogP contribution in [0.5, 0.6) is 0 Å². The number of rotatable bonds is 4. The zero-order valence-corrected chi connectivity index (χ0v) is 10.7. The van der Waals surface area contributed by atoms with Gasteiger partial charge in [-0.3, -0.25) is 4.68 Å². The van der Waals surface area contributed by atoms with E-state index in [0.717, 1.165) is 23.4 Å². The van der Waals surface area contributed by atoms with Crippen LogP contribution >= 0.6 is 0 Å². The molecule has 0 aliphatic heterocycles. The van der Waals surface area contributed by atoms with Gasteiger partial charge in [-0.05, 0) is 31.9 Å². The molecule has 0 saturated carbocycles. The summed E-state index contributed by atoms with van der Waals surface area (Å²) >= 11 is 0. The average Bonchev–Trinajstić information content (AvgIpc) is 2.86. The Morgan fingerprint density at radius 3 is 2.71 bits per heavy atom. The Kier molecular flexibility index (Phi) is 3.33. The second-order valence-corrected chi connectivity index (χ2v) is 4.29. The number of nitrogens with zero attached hydrogens (tertiary/aromatic N) is 2. The molecule has 4 heteroatoms. The molecule has 0 aliphatic rings. The molecule has 2 aromatic rings. The lowest BCUT2D eigenvalue weighted by Crippen LogP contribution is -2.03. The molecule has 0 aromatic carbocycles. The molecule has 0 unspecified atom stereocenters. The van der Waals surface area contributed by atoms with Gasteiger partial charge in [-0.2, -0.15) is 5.10 Å². The molecule has 0 aliphatic carbocycles. The van der Waals surface area contributed by atoms with Crippen molar-refractivity contribution in [2.24, 2.45) is 5.73 Å². The Bertz CT molecular complexity index is 511. The minimum Gasteiger partial charge on any atom is -0.467 e. The fourth-order valence-electron chi connectivity index (χ4n) is 2.16. The molecule has 2 heterocycles. The van der Waals surface area contributed by atoms with Gasteiger partial charge in [0.25, 0.3) is 0 Å². The molecule has 17 heavy (non-hydrogen) atoms. The molecule has 2 aromatic heterocycles. The van der Waals surface area contributed by atoms with E-state index < -0.39 is 0 Å². The van der Waals surface area contributed by atoms with E-state index in [9.17, 15) is 0 Å². The van der Waals surface area contributed by atoms with Crippen LogP contribution in [-0.2, 0) is 19.5 Å². The third-order valence-corrected chi connectivity index (χ3v) is 3.13. The predicted octanol–water partition coefficient (Wildman–Crippen LogP) is 2.16. The number of aromatic nitrogens is 2. The SMILES string of the molecule is CCc1c(C)nn(Cc2cc(CN)co2)c1C. The van der Waals surface area contributed by atoms with Crippen molar-refractivity contribution in [2.75, 3.05) is 0 Å². The molecule has 0 spiro atoms. The monoisotopic (exact) mass is 233 g/mol. The van der Waals surface area contributed by atoms with Gasteiger partial charge in [-0.25, -0.2) is 0 Å². The van der Waals surface area contributed by atoms with Crippen LogP contribution in [0.15, 0.2) is 16.7 Å². The largest absolute Gasteiger partial charge is 0.467 e. The average molecular weight is 233 g/mol. The van der Waals surface area contributed by atoms with Gasteiger partial charge in [0.05, 0.1) is 18.5 Å². The Labute approximate surface area is 101 Å². The van der Waals surface area contributed by atoms with Crippen LogP contribution in [0.1, 0.15) is 35.2 Å². The van der Waals surface area contributed by atoms with Gasteiger partial charge in [0.2, 0.25) is 0 Å². The fourth-order valence-corrected chi connectivity index (χ4v) is 2.16. The molecule has 0 saturated heterocycles. The maximum Gasteiger partial charge on any atom is 0.125 e. The normalized spacial score (nSPS) is 11.1. The molecular formula is C13H19N3O. The maximum atomic E-state index is 5.55. The summed E-state index contributed by atoms with van der Waals surface area (Å²) in [4.78, 5) is 0. The summed E-state index contributed by atoms with van der Waals surface area (Å²) < 4.78 is 7.45. The van der Waals surface area contributed by atoms with E-state index in [1.54, 1.807) is 6.26 Å². The molecule has 0 bridgehead atoms. The van der Waals surface area contributed by atoms with Gasteiger partial charge in [0.15, 0.2) is 0 Å². The number of nitrogens with two attached hydrogens (primary N) is 1. The van der Waals surface area contributed by atoms with Crippen LogP contribution < -0.4 is 5.73 Å². The van der Waals surface area contributed by atoms with Crippen molar-refractivity contribution in [3.8, 4) is 0 Å². The second-order valence-electron chi connectivity index (χ2n) is 4.29. The number of aryl methyl sites for hydroxylation is 1. The summed E-state index contributed by atoms with van der Waals surface area (Å²) in [5.74, 6) is 0.902. The first kappa shape index (κ1) is 11.9. The quantitative estimate of drug-likeness (QED) is 0.880. The minimum absolute atomic E-state index is 0.515. The first-order valence-corrected chi connectivity index (χ1v) is 5.95. The Morgan fingerprint density at radius 2 is 2.18 bits per heavy atom. The maximum absolute atomic E-state index is 5.55.